The van der Waals surface area contributed by atoms with Crippen molar-refractivity contribution in [2.75, 3.05) is 52.4 Å². The molecule has 2 atom stereocenters. The van der Waals surface area contributed by atoms with E-state index in [0.29, 0.717) is 18.9 Å². The summed E-state index contributed by atoms with van der Waals surface area (Å²) in [7, 11) is 0. The average molecular weight is 578 g/mol. The van der Waals surface area contributed by atoms with Gasteiger partial charge in [-0.05, 0) is 44.6 Å². The molecule has 3 heterocycles. The number of nitrogens with one attached hydrogen (secondary N) is 2. The summed E-state index contributed by atoms with van der Waals surface area (Å²) in [5.74, 6) is 1.17. The van der Waals surface area contributed by atoms with E-state index in [2.05, 4.69) is 46.9 Å². The minimum atomic E-state index is 0. The number of thiophene rings is 1. The van der Waals surface area contributed by atoms with Gasteiger partial charge >= 0.3 is 0 Å². The first-order valence-corrected chi connectivity index (χ1v) is 12.7. The number of halogens is 1. The van der Waals surface area contributed by atoms with Gasteiger partial charge in [0, 0.05) is 50.6 Å². The molecule has 2 unspecified atom stereocenters. The average Bonchev–Trinajstić information content (AvgIpc) is 3.21. The van der Waals surface area contributed by atoms with Crippen molar-refractivity contribution in [2.24, 2.45) is 4.99 Å². The largest absolute Gasteiger partial charge is 0.376 e. The molecule has 2 aliphatic heterocycles. The van der Waals surface area contributed by atoms with Gasteiger partial charge in [-0.1, -0.05) is 12.5 Å². The number of guanidine groups is 1. The van der Waals surface area contributed by atoms with Gasteiger partial charge in [0.2, 0.25) is 5.91 Å². The van der Waals surface area contributed by atoms with Gasteiger partial charge in [-0.15, -0.1) is 35.3 Å². The number of rotatable bonds is 9. The van der Waals surface area contributed by atoms with Crippen LogP contribution in [0.3, 0.4) is 0 Å². The minimum Gasteiger partial charge on any atom is -0.376 e. The van der Waals surface area contributed by atoms with E-state index in [-0.39, 0.29) is 36.1 Å². The van der Waals surface area contributed by atoms with E-state index in [9.17, 15) is 4.79 Å². The van der Waals surface area contributed by atoms with E-state index in [4.69, 9.17) is 9.73 Å². The first-order valence-electron chi connectivity index (χ1n) is 11.9. The lowest BCUT2D eigenvalue weighted by Gasteiger charge is -2.36. The molecule has 7 nitrogen and oxygen atoms in total. The van der Waals surface area contributed by atoms with E-state index >= 15 is 0 Å². The molecule has 1 aromatic heterocycles. The third-order valence-corrected chi connectivity index (χ3v) is 6.89. The number of hydrogen-bond donors (Lipinski definition) is 2. The van der Waals surface area contributed by atoms with Crippen LogP contribution in [0.15, 0.2) is 22.5 Å². The van der Waals surface area contributed by atoms with Gasteiger partial charge in [0.15, 0.2) is 5.96 Å². The highest BCUT2D eigenvalue weighted by Gasteiger charge is 2.26. The normalized spacial score (nSPS) is 21.6. The summed E-state index contributed by atoms with van der Waals surface area (Å²) in [6.07, 6.45) is 5.25. The molecule has 1 aromatic rings. The van der Waals surface area contributed by atoms with Crippen molar-refractivity contribution in [1.82, 2.24) is 20.4 Å². The third-order valence-electron chi connectivity index (χ3n) is 5.92. The SMILES string of the molecule is CCNC(=NCC(c1cccs1)N1CCOC(C)C1)NCCCN1CCCCCC1=O.I. The molecule has 0 bridgehead atoms. The first kappa shape index (κ1) is 27.3. The number of hydrogen-bond acceptors (Lipinski definition) is 5. The molecule has 0 radical (unpaired) electrons. The number of amides is 1. The molecule has 2 fully saturated rings. The Morgan fingerprint density at radius 3 is 2.94 bits per heavy atom. The molecule has 2 saturated heterocycles. The molecule has 2 N–H and O–H groups in total. The zero-order valence-corrected chi connectivity index (χ0v) is 22.7. The van der Waals surface area contributed by atoms with Crippen molar-refractivity contribution in [3.63, 3.8) is 0 Å². The predicted molar refractivity (Wildman–Crippen MR) is 143 cm³/mol. The summed E-state index contributed by atoms with van der Waals surface area (Å²) < 4.78 is 5.74. The number of aliphatic imine (C=N–C) groups is 1. The summed E-state index contributed by atoms with van der Waals surface area (Å²) >= 11 is 1.80. The van der Waals surface area contributed by atoms with Crippen molar-refractivity contribution in [3.05, 3.63) is 22.4 Å². The molecule has 0 saturated carbocycles. The zero-order chi connectivity index (χ0) is 21.9. The quantitative estimate of drug-likeness (QED) is 0.204. The van der Waals surface area contributed by atoms with E-state index in [0.717, 1.165) is 71.1 Å². The Kier molecular flexibility index (Phi) is 12.9. The maximum Gasteiger partial charge on any atom is 0.222 e. The Hall–Kier alpha value is -0.910. The van der Waals surface area contributed by atoms with Crippen LogP contribution in [0.25, 0.3) is 0 Å². The Labute approximate surface area is 214 Å². The molecule has 9 heteroatoms. The van der Waals surface area contributed by atoms with E-state index in [1.54, 1.807) is 11.3 Å². The number of ether oxygens (including phenoxy) is 1. The fourth-order valence-corrected chi connectivity index (χ4v) is 5.12. The standard InChI is InChI=1S/C23H39N5O2S.HI/c1-3-24-23(25-11-8-13-27-12-6-4-5-10-22(27)29)26-17-20(21-9-7-16-31-21)28-14-15-30-19(2)18-28;/h7,9,16,19-20H,3-6,8,10-15,17-18H2,1-2H3,(H2,24,25,26);1H. The van der Waals surface area contributed by atoms with Crippen LogP contribution in [0, 0.1) is 0 Å². The summed E-state index contributed by atoms with van der Waals surface area (Å²) in [4.78, 5) is 23.0. The van der Waals surface area contributed by atoms with Crippen molar-refractivity contribution in [2.45, 2.75) is 58.1 Å². The molecule has 3 rings (SSSR count). The van der Waals surface area contributed by atoms with Crippen molar-refractivity contribution in [3.8, 4) is 0 Å². The molecular formula is C23H40IN5O2S. The summed E-state index contributed by atoms with van der Waals surface area (Å²) in [5, 5.41) is 8.98. The molecular weight excluding hydrogens is 537 g/mol. The van der Waals surface area contributed by atoms with Gasteiger partial charge in [-0.3, -0.25) is 14.7 Å². The highest BCUT2D eigenvalue weighted by molar-refractivity contribution is 14.0. The lowest BCUT2D eigenvalue weighted by molar-refractivity contribution is -0.130. The second kappa shape index (κ2) is 15.1. The predicted octanol–water partition coefficient (Wildman–Crippen LogP) is 3.48. The van der Waals surface area contributed by atoms with Gasteiger partial charge < -0.3 is 20.3 Å². The van der Waals surface area contributed by atoms with Gasteiger partial charge in [0.05, 0.1) is 25.3 Å². The second-order valence-corrected chi connectivity index (χ2v) is 9.38. The van der Waals surface area contributed by atoms with Gasteiger partial charge in [-0.25, -0.2) is 0 Å². The Balaban J connectivity index is 0.00000363. The number of carbonyl (C=O) groups is 1. The maximum absolute atomic E-state index is 12.2. The monoisotopic (exact) mass is 577 g/mol. The fourth-order valence-electron chi connectivity index (χ4n) is 4.27. The van der Waals surface area contributed by atoms with Crippen LogP contribution < -0.4 is 10.6 Å². The smallest absolute Gasteiger partial charge is 0.222 e. The number of likely N-dealkylation sites (tertiary alicyclic amines) is 1. The van der Waals surface area contributed by atoms with E-state index < -0.39 is 0 Å². The van der Waals surface area contributed by atoms with Crippen LogP contribution in [0.5, 0.6) is 0 Å². The van der Waals surface area contributed by atoms with Gasteiger partial charge in [-0.2, -0.15) is 0 Å². The minimum absolute atomic E-state index is 0. The highest BCUT2D eigenvalue weighted by Crippen LogP contribution is 2.27. The number of carbonyl (C=O) groups excluding carboxylic acids is 1. The summed E-state index contributed by atoms with van der Waals surface area (Å²) in [6.45, 7) is 11.0. The maximum atomic E-state index is 12.2. The third kappa shape index (κ3) is 8.79. The van der Waals surface area contributed by atoms with Crippen molar-refractivity contribution < 1.29 is 9.53 Å². The summed E-state index contributed by atoms with van der Waals surface area (Å²) in [6, 6.07) is 4.61. The van der Waals surface area contributed by atoms with Gasteiger partial charge in [0.25, 0.3) is 0 Å². The molecule has 0 aliphatic carbocycles. The summed E-state index contributed by atoms with van der Waals surface area (Å²) in [5.41, 5.74) is 0. The lowest BCUT2D eigenvalue weighted by atomic mass is 10.1. The van der Waals surface area contributed by atoms with Crippen LogP contribution in [0.1, 0.15) is 56.9 Å². The first-order chi connectivity index (χ1) is 15.2. The fraction of sp³-hybridized carbons (Fsp3) is 0.739. The van der Waals surface area contributed by atoms with Crippen molar-refractivity contribution in [1.29, 1.82) is 0 Å². The van der Waals surface area contributed by atoms with Crippen LogP contribution >= 0.6 is 35.3 Å². The molecule has 182 valence electrons. The molecule has 0 spiro atoms. The highest BCUT2D eigenvalue weighted by atomic mass is 127. The topological polar surface area (TPSA) is 69.2 Å². The molecule has 2 aliphatic rings. The second-order valence-electron chi connectivity index (χ2n) is 8.40. The van der Waals surface area contributed by atoms with Crippen LogP contribution in [-0.2, 0) is 9.53 Å². The van der Waals surface area contributed by atoms with E-state index in [1.807, 2.05) is 4.90 Å². The van der Waals surface area contributed by atoms with Crippen LogP contribution in [0.2, 0.25) is 0 Å². The van der Waals surface area contributed by atoms with Gasteiger partial charge in [0.1, 0.15) is 0 Å². The van der Waals surface area contributed by atoms with E-state index in [1.165, 1.54) is 11.3 Å². The Morgan fingerprint density at radius 2 is 2.19 bits per heavy atom. The van der Waals surface area contributed by atoms with Crippen LogP contribution in [-0.4, -0.2) is 80.2 Å². The molecule has 1 amide bonds. The number of morpholine rings is 1. The Bertz CT molecular complexity index is 688. The lowest BCUT2D eigenvalue weighted by Crippen LogP contribution is -2.44. The van der Waals surface area contributed by atoms with Crippen molar-refractivity contribution >= 4 is 47.2 Å². The Morgan fingerprint density at radius 1 is 1.31 bits per heavy atom. The van der Waals surface area contributed by atoms with Crippen LogP contribution in [0.4, 0.5) is 0 Å². The molecule has 0 aromatic carbocycles. The number of nitrogens with zero attached hydrogens (tertiary/aromatic N) is 3. The zero-order valence-electron chi connectivity index (χ0n) is 19.6. The molecule has 32 heavy (non-hydrogen) atoms.